The Bertz CT molecular complexity index is 783. The van der Waals surface area contributed by atoms with E-state index in [1.54, 1.807) is 0 Å². The highest BCUT2D eigenvalue weighted by atomic mass is 16.5. The van der Waals surface area contributed by atoms with Crippen molar-refractivity contribution in [1.29, 1.82) is 0 Å². The van der Waals surface area contributed by atoms with Crippen LogP contribution in [0.4, 0.5) is 11.4 Å². The number of hydrogen-bond donors (Lipinski definition) is 1. The maximum Gasteiger partial charge on any atom is 0.222 e. The number of ether oxygens (including phenoxy) is 1. The lowest BCUT2D eigenvalue weighted by Gasteiger charge is -2.37. The van der Waals surface area contributed by atoms with E-state index in [0.29, 0.717) is 30.9 Å². The van der Waals surface area contributed by atoms with E-state index in [9.17, 15) is 4.79 Å². The van der Waals surface area contributed by atoms with Crippen LogP contribution in [0.3, 0.4) is 0 Å². The number of carbonyl (C=O) groups excluding carboxylic acids is 1. The Morgan fingerprint density at radius 2 is 1.78 bits per heavy atom. The molecule has 0 radical (unpaired) electrons. The molecule has 2 aromatic rings. The summed E-state index contributed by atoms with van der Waals surface area (Å²) in [7, 11) is 0. The molecule has 1 fully saturated rings. The lowest BCUT2D eigenvalue weighted by molar-refractivity contribution is -0.131. The highest BCUT2D eigenvalue weighted by molar-refractivity contribution is 5.76. The van der Waals surface area contributed by atoms with Gasteiger partial charge >= 0.3 is 0 Å². The predicted molar refractivity (Wildman–Crippen MR) is 110 cm³/mol. The molecule has 2 aromatic carbocycles. The first-order valence-corrected chi connectivity index (χ1v) is 9.62. The van der Waals surface area contributed by atoms with Crippen molar-refractivity contribution >= 4 is 17.3 Å². The summed E-state index contributed by atoms with van der Waals surface area (Å²) in [6.45, 7) is 8.13. The molecule has 1 amide bonds. The van der Waals surface area contributed by atoms with Crippen LogP contribution in [0.1, 0.15) is 24.0 Å². The number of carbonyl (C=O) groups is 1. The molecule has 3 rings (SSSR count). The Hall–Kier alpha value is -2.69. The van der Waals surface area contributed by atoms with Gasteiger partial charge in [0.05, 0.1) is 12.3 Å². The molecule has 0 atom stereocenters. The van der Waals surface area contributed by atoms with Crippen molar-refractivity contribution in [3.05, 3.63) is 53.6 Å². The van der Waals surface area contributed by atoms with E-state index in [0.717, 1.165) is 26.2 Å². The van der Waals surface area contributed by atoms with Crippen LogP contribution in [0, 0.1) is 13.8 Å². The molecule has 5 nitrogen and oxygen atoms in total. The van der Waals surface area contributed by atoms with Crippen LogP contribution >= 0.6 is 0 Å². The van der Waals surface area contributed by atoms with Gasteiger partial charge in [-0.1, -0.05) is 24.3 Å². The van der Waals surface area contributed by atoms with Crippen LogP contribution in [0.5, 0.6) is 5.75 Å². The van der Waals surface area contributed by atoms with E-state index < -0.39 is 0 Å². The van der Waals surface area contributed by atoms with Gasteiger partial charge in [0, 0.05) is 38.3 Å². The van der Waals surface area contributed by atoms with Crippen LogP contribution < -0.4 is 15.4 Å². The molecule has 144 valence electrons. The number of rotatable bonds is 6. The minimum absolute atomic E-state index is 0.209. The molecular formula is C22H29N3O2. The van der Waals surface area contributed by atoms with Gasteiger partial charge in [0.25, 0.3) is 0 Å². The highest BCUT2D eigenvalue weighted by Crippen LogP contribution is 2.24. The zero-order valence-corrected chi connectivity index (χ0v) is 16.3. The van der Waals surface area contributed by atoms with Gasteiger partial charge in [-0.05, 0) is 49.6 Å². The Morgan fingerprint density at radius 1 is 1.04 bits per heavy atom. The number of nitrogens with zero attached hydrogens (tertiary/aromatic N) is 2. The van der Waals surface area contributed by atoms with Crippen molar-refractivity contribution in [3.8, 4) is 5.75 Å². The fraction of sp³-hybridized carbons (Fsp3) is 0.409. The van der Waals surface area contributed by atoms with E-state index in [4.69, 9.17) is 10.5 Å². The van der Waals surface area contributed by atoms with Gasteiger partial charge in [-0.25, -0.2) is 0 Å². The summed E-state index contributed by atoms with van der Waals surface area (Å²) in [5, 5.41) is 0. The largest absolute Gasteiger partial charge is 0.491 e. The molecular weight excluding hydrogens is 338 g/mol. The summed E-state index contributed by atoms with van der Waals surface area (Å²) in [5.41, 5.74) is 10.4. The Morgan fingerprint density at radius 3 is 2.52 bits per heavy atom. The average Bonchev–Trinajstić information content (AvgIpc) is 2.68. The number of hydrogen-bond acceptors (Lipinski definition) is 4. The second-order valence-corrected chi connectivity index (χ2v) is 7.08. The second-order valence-electron chi connectivity index (χ2n) is 7.08. The molecule has 5 heteroatoms. The number of aryl methyl sites for hydroxylation is 1. The van der Waals surface area contributed by atoms with E-state index >= 15 is 0 Å². The molecule has 1 aliphatic heterocycles. The first-order valence-electron chi connectivity index (χ1n) is 9.62. The van der Waals surface area contributed by atoms with Crippen molar-refractivity contribution in [1.82, 2.24) is 4.90 Å². The maximum atomic E-state index is 12.5. The average molecular weight is 367 g/mol. The number of nitrogens with two attached hydrogens (primary N) is 1. The van der Waals surface area contributed by atoms with Crippen LogP contribution in [-0.4, -0.2) is 43.6 Å². The zero-order chi connectivity index (χ0) is 19.2. The topological polar surface area (TPSA) is 58.8 Å². The first-order chi connectivity index (χ1) is 13.1. The maximum absolute atomic E-state index is 12.5. The lowest BCUT2D eigenvalue weighted by Crippen LogP contribution is -2.49. The van der Waals surface area contributed by atoms with Gasteiger partial charge < -0.3 is 20.3 Å². The molecule has 0 bridgehead atoms. The second kappa shape index (κ2) is 8.80. The minimum Gasteiger partial charge on any atom is -0.491 e. The summed E-state index contributed by atoms with van der Waals surface area (Å²) in [6, 6.07) is 13.9. The minimum atomic E-state index is 0.209. The third kappa shape index (κ3) is 4.73. The lowest BCUT2D eigenvalue weighted by atomic mass is 10.1. The molecule has 0 spiro atoms. The van der Waals surface area contributed by atoms with Crippen LogP contribution in [0.25, 0.3) is 0 Å². The number of para-hydroxylation sites is 2. The van der Waals surface area contributed by atoms with Gasteiger partial charge in [-0.15, -0.1) is 0 Å². The van der Waals surface area contributed by atoms with Gasteiger partial charge in [-0.3, -0.25) is 4.79 Å². The highest BCUT2D eigenvalue weighted by Gasteiger charge is 2.22. The molecule has 0 aliphatic carbocycles. The SMILES string of the molecule is Cc1cccc(N2CCN(C(=O)CCCOc3ccccc3N)CC2)c1C. The monoisotopic (exact) mass is 367 g/mol. The van der Waals surface area contributed by atoms with Crippen LogP contribution in [0.15, 0.2) is 42.5 Å². The third-order valence-electron chi connectivity index (χ3n) is 5.26. The van der Waals surface area contributed by atoms with Gasteiger partial charge in [0.1, 0.15) is 5.75 Å². The van der Waals surface area contributed by atoms with E-state index in [-0.39, 0.29) is 5.91 Å². The Labute approximate surface area is 161 Å². The number of piperazine rings is 1. The molecule has 1 saturated heterocycles. The normalized spacial score (nSPS) is 14.3. The fourth-order valence-corrected chi connectivity index (χ4v) is 3.45. The van der Waals surface area contributed by atoms with Crippen molar-refractivity contribution in [2.24, 2.45) is 0 Å². The van der Waals surface area contributed by atoms with Crippen molar-refractivity contribution in [2.45, 2.75) is 26.7 Å². The summed E-state index contributed by atoms with van der Waals surface area (Å²) >= 11 is 0. The van der Waals surface area contributed by atoms with E-state index in [1.165, 1.54) is 16.8 Å². The van der Waals surface area contributed by atoms with Crippen molar-refractivity contribution in [2.75, 3.05) is 43.4 Å². The smallest absolute Gasteiger partial charge is 0.222 e. The van der Waals surface area contributed by atoms with Gasteiger partial charge in [-0.2, -0.15) is 0 Å². The summed E-state index contributed by atoms with van der Waals surface area (Å²) in [4.78, 5) is 16.8. The molecule has 2 N–H and O–H groups in total. The Kier molecular flexibility index (Phi) is 6.22. The predicted octanol–water partition coefficient (Wildman–Crippen LogP) is 3.39. The standard InChI is InChI=1S/C22H29N3O2/c1-17-7-5-9-20(18(17)2)24-12-14-25(15-13-24)22(26)11-6-16-27-21-10-4-3-8-19(21)23/h3-5,7-10H,6,11-16,23H2,1-2H3. The fourth-order valence-electron chi connectivity index (χ4n) is 3.45. The molecule has 0 saturated carbocycles. The van der Waals surface area contributed by atoms with E-state index in [2.05, 4.69) is 36.9 Å². The molecule has 1 heterocycles. The van der Waals surface area contributed by atoms with E-state index in [1.807, 2.05) is 29.2 Å². The van der Waals surface area contributed by atoms with Crippen molar-refractivity contribution < 1.29 is 9.53 Å². The number of amides is 1. The third-order valence-corrected chi connectivity index (χ3v) is 5.26. The van der Waals surface area contributed by atoms with Crippen molar-refractivity contribution in [3.63, 3.8) is 0 Å². The Balaban J connectivity index is 1.42. The zero-order valence-electron chi connectivity index (χ0n) is 16.3. The van der Waals surface area contributed by atoms with Gasteiger partial charge in [0.2, 0.25) is 5.91 Å². The summed E-state index contributed by atoms with van der Waals surface area (Å²) < 4.78 is 5.67. The first kappa shape index (κ1) is 19.1. The van der Waals surface area contributed by atoms with Gasteiger partial charge in [0.15, 0.2) is 0 Å². The molecule has 27 heavy (non-hydrogen) atoms. The molecule has 0 unspecified atom stereocenters. The van der Waals surface area contributed by atoms with Crippen LogP contribution in [0.2, 0.25) is 0 Å². The molecule has 0 aromatic heterocycles. The summed E-state index contributed by atoms with van der Waals surface area (Å²) in [6.07, 6.45) is 1.21. The molecule has 1 aliphatic rings. The number of nitrogen functional groups attached to an aromatic ring is 1. The quantitative estimate of drug-likeness (QED) is 0.628. The summed E-state index contributed by atoms with van der Waals surface area (Å²) in [5.74, 6) is 0.896. The number of anilines is 2. The van der Waals surface area contributed by atoms with Crippen LogP contribution in [-0.2, 0) is 4.79 Å². The number of benzene rings is 2.